The fraction of sp³-hybridized carbons (Fsp3) is 0.571. The average molecular weight is 422 g/mol. The third-order valence-corrected chi connectivity index (χ3v) is 8.98. The molecule has 0 aromatic heterocycles. The van der Waals surface area contributed by atoms with Gasteiger partial charge in [0.15, 0.2) is 0 Å². The maximum absolute atomic E-state index is 6.22. The summed E-state index contributed by atoms with van der Waals surface area (Å²) in [6.07, 6.45) is 10.8. The molecule has 0 amide bonds. The van der Waals surface area contributed by atoms with Gasteiger partial charge in [0, 0.05) is 17.1 Å². The molecule has 0 heterocycles. The standard InChI is InChI=1S/C28H36ClN/c1-20(8-9-22-6-4-3-5-7-22)30-21(2)27-15-23-14-24(16-27)18-28(17-23,19-27)25-10-12-26(29)13-11-25/h3-7,10-13,20-21,23-24,30H,8-9,14-19H2,1-2H3/t20-,21+,23+,24+,27?,28?/m0/s1. The van der Waals surface area contributed by atoms with E-state index in [0.29, 0.717) is 22.9 Å². The van der Waals surface area contributed by atoms with Crippen LogP contribution in [0.15, 0.2) is 54.6 Å². The Hall–Kier alpha value is -1.31. The van der Waals surface area contributed by atoms with Gasteiger partial charge in [-0.1, -0.05) is 54.1 Å². The molecule has 0 aliphatic heterocycles. The first-order chi connectivity index (χ1) is 14.5. The maximum atomic E-state index is 6.22. The first kappa shape index (κ1) is 20.6. The van der Waals surface area contributed by atoms with Gasteiger partial charge < -0.3 is 5.32 Å². The van der Waals surface area contributed by atoms with Crippen LogP contribution < -0.4 is 5.32 Å². The summed E-state index contributed by atoms with van der Waals surface area (Å²) < 4.78 is 0. The van der Waals surface area contributed by atoms with Crippen molar-refractivity contribution in [1.29, 1.82) is 0 Å². The molecule has 0 saturated heterocycles. The van der Waals surface area contributed by atoms with Gasteiger partial charge in [-0.15, -0.1) is 0 Å². The lowest BCUT2D eigenvalue weighted by atomic mass is 9.41. The molecular weight excluding hydrogens is 386 g/mol. The quantitative estimate of drug-likeness (QED) is 0.499. The molecule has 2 aromatic rings. The van der Waals surface area contributed by atoms with Gasteiger partial charge in [0.05, 0.1) is 0 Å². The van der Waals surface area contributed by atoms with E-state index in [-0.39, 0.29) is 0 Å². The Balaban J connectivity index is 1.30. The number of hydrogen-bond donors (Lipinski definition) is 1. The van der Waals surface area contributed by atoms with E-state index in [0.717, 1.165) is 23.3 Å². The van der Waals surface area contributed by atoms with Gasteiger partial charge in [-0.2, -0.15) is 0 Å². The zero-order chi connectivity index (χ0) is 20.8. The third kappa shape index (κ3) is 3.84. The van der Waals surface area contributed by atoms with Crippen LogP contribution in [0.25, 0.3) is 0 Å². The molecule has 0 spiro atoms. The molecule has 4 atom stereocenters. The van der Waals surface area contributed by atoms with Crippen LogP contribution in [0.2, 0.25) is 5.02 Å². The lowest BCUT2D eigenvalue weighted by Crippen LogP contribution is -2.60. The van der Waals surface area contributed by atoms with Gasteiger partial charge >= 0.3 is 0 Å². The first-order valence-corrected chi connectivity index (χ1v) is 12.4. The molecule has 2 heteroatoms. The van der Waals surface area contributed by atoms with Crippen LogP contribution in [0.1, 0.15) is 69.9 Å². The highest BCUT2D eigenvalue weighted by atomic mass is 35.5. The Bertz CT molecular complexity index is 844. The molecule has 4 aliphatic carbocycles. The molecule has 4 saturated carbocycles. The molecule has 1 N–H and O–H groups in total. The van der Waals surface area contributed by atoms with Crippen LogP contribution in [0, 0.1) is 17.3 Å². The second kappa shape index (κ2) is 7.99. The van der Waals surface area contributed by atoms with E-state index in [9.17, 15) is 0 Å². The van der Waals surface area contributed by atoms with Crippen LogP contribution in [0.5, 0.6) is 0 Å². The van der Waals surface area contributed by atoms with Gasteiger partial charge in [0.25, 0.3) is 0 Å². The molecule has 0 radical (unpaired) electrons. The minimum absolute atomic E-state index is 0.387. The fourth-order valence-electron chi connectivity index (χ4n) is 7.70. The summed E-state index contributed by atoms with van der Waals surface area (Å²) in [6.45, 7) is 4.87. The van der Waals surface area contributed by atoms with E-state index in [4.69, 9.17) is 11.6 Å². The molecular formula is C28H36ClN. The monoisotopic (exact) mass is 421 g/mol. The smallest absolute Gasteiger partial charge is 0.0406 e. The van der Waals surface area contributed by atoms with Crippen molar-refractivity contribution in [2.45, 2.75) is 82.7 Å². The van der Waals surface area contributed by atoms with Gasteiger partial charge in [-0.3, -0.25) is 0 Å². The Morgan fingerprint density at radius 3 is 2.27 bits per heavy atom. The Morgan fingerprint density at radius 1 is 0.933 bits per heavy atom. The van der Waals surface area contributed by atoms with E-state index in [1.807, 2.05) is 0 Å². The summed E-state index contributed by atoms with van der Waals surface area (Å²) in [4.78, 5) is 0. The largest absolute Gasteiger partial charge is 0.311 e. The predicted octanol–water partition coefficient (Wildman–Crippen LogP) is 7.18. The van der Waals surface area contributed by atoms with Gasteiger partial charge in [-0.25, -0.2) is 0 Å². The summed E-state index contributed by atoms with van der Waals surface area (Å²) in [7, 11) is 0. The molecule has 6 rings (SSSR count). The third-order valence-electron chi connectivity index (χ3n) is 8.72. The minimum atomic E-state index is 0.387. The molecule has 1 nitrogen and oxygen atoms in total. The van der Waals surface area contributed by atoms with E-state index < -0.39 is 0 Å². The maximum Gasteiger partial charge on any atom is 0.0406 e. The summed E-state index contributed by atoms with van der Waals surface area (Å²) in [6, 6.07) is 20.9. The molecule has 0 unspecified atom stereocenters. The lowest BCUT2D eigenvalue weighted by molar-refractivity contribution is -0.0894. The number of aryl methyl sites for hydroxylation is 1. The topological polar surface area (TPSA) is 12.0 Å². The van der Waals surface area contributed by atoms with Crippen molar-refractivity contribution in [1.82, 2.24) is 5.32 Å². The van der Waals surface area contributed by atoms with Crippen molar-refractivity contribution in [3.8, 4) is 0 Å². The van der Waals surface area contributed by atoms with Crippen molar-refractivity contribution in [3.05, 3.63) is 70.7 Å². The number of hydrogen-bond acceptors (Lipinski definition) is 1. The number of halogens is 1. The molecule has 4 fully saturated rings. The van der Waals surface area contributed by atoms with Crippen LogP contribution in [-0.2, 0) is 11.8 Å². The zero-order valence-electron chi connectivity index (χ0n) is 18.5. The molecule has 30 heavy (non-hydrogen) atoms. The zero-order valence-corrected chi connectivity index (χ0v) is 19.3. The van der Waals surface area contributed by atoms with Crippen molar-refractivity contribution < 1.29 is 0 Å². The number of rotatable bonds is 7. The van der Waals surface area contributed by atoms with E-state index in [1.165, 1.54) is 50.5 Å². The fourth-order valence-corrected chi connectivity index (χ4v) is 7.82. The average Bonchev–Trinajstić information content (AvgIpc) is 2.72. The van der Waals surface area contributed by atoms with Crippen LogP contribution in [0.3, 0.4) is 0 Å². The van der Waals surface area contributed by atoms with Gasteiger partial charge in [0.2, 0.25) is 0 Å². The van der Waals surface area contributed by atoms with Crippen molar-refractivity contribution in [2.24, 2.45) is 17.3 Å². The minimum Gasteiger partial charge on any atom is -0.311 e. The van der Waals surface area contributed by atoms with Crippen molar-refractivity contribution in [3.63, 3.8) is 0 Å². The number of nitrogens with one attached hydrogen (secondary N) is 1. The van der Waals surface area contributed by atoms with Gasteiger partial charge in [-0.05, 0) is 111 Å². The molecule has 4 bridgehead atoms. The number of benzene rings is 2. The summed E-state index contributed by atoms with van der Waals surface area (Å²) >= 11 is 6.22. The van der Waals surface area contributed by atoms with E-state index >= 15 is 0 Å². The summed E-state index contributed by atoms with van der Waals surface area (Å²) in [5, 5.41) is 4.93. The SMILES string of the molecule is C[C@@H](CCc1ccccc1)N[C@H](C)C12C[C@H]3C[C@@H](CC(c4ccc(Cl)cc4)(C3)C1)C2. The normalized spacial score (nSPS) is 34.1. The van der Waals surface area contributed by atoms with Crippen LogP contribution >= 0.6 is 11.6 Å². The summed E-state index contributed by atoms with van der Waals surface area (Å²) in [5.41, 5.74) is 3.85. The molecule has 4 aliphatic rings. The van der Waals surface area contributed by atoms with Gasteiger partial charge in [0.1, 0.15) is 0 Å². The van der Waals surface area contributed by atoms with Crippen molar-refractivity contribution in [2.75, 3.05) is 0 Å². The van der Waals surface area contributed by atoms with E-state index in [1.54, 1.807) is 5.56 Å². The summed E-state index contributed by atoms with van der Waals surface area (Å²) in [5.74, 6) is 1.82. The van der Waals surface area contributed by atoms with E-state index in [2.05, 4.69) is 73.8 Å². The second-order valence-corrected chi connectivity index (χ2v) is 11.4. The highest BCUT2D eigenvalue weighted by Crippen LogP contribution is 2.66. The predicted molar refractivity (Wildman–Crippen MR) is 127 cm³/mol. The van der Waals surface area contributed by atoms with Crippen LogP contribution in [-0.4, -0.2) is 12.1 Å². The van der Waals surface area contributed by atoms with Crippen molar-refractivity contribution >= 4 is 11.6 Å². The second-order valence-electron chi connectivity index (χ2n) is 10.9. The molecule has 160 valence electrons. The molecule has 2 aromatic carbocycles. The Morgan fingerprint density at radius 2 is 1.60 bits per heavy atom. The Kier molecular flexibility index (Phi) is 5.48. The van der Waals surface area contributed by atoms with Crippen LogP contribution in [0.4, 0.5) is 0 Å². The first-order valence-electron chi connectivity index (χ1n) is 12.0. The highest BCUT2D eigenvalue weighted by Gasteiger charge is 2.59. The highest BCUT2D eigenvalue weighted by molar-refractivity contribution is 6.30. The Labute approximate surface area is 187 Å². The lowest BCUT2D eigenvalue weighted by Gasteiger charge is -2.64.